The van der Waals surface area contributed by atoms with Gasteiger partial charge in [0.15, 0.2) is 5.13 Å². The number of aromatic nitrogens is 5. The molecule has 0 aliphatic heterocycles. The number of benzene rings is 1. The van der Waals surface area contributed by atoms with E-state index in [9.17, 15) is 9.59 Å². The molecule has 1 aromatic carbocycles. The Morgan fingerprint density at radius 3 is 2.66 bits per heavy atom. The topological polar surface area (TPSA) is 115 Å². The van der Waals surface area contributed by atoms with E-state index in [1.165, 1.54) is 29.9 Å². The van der Waals surface area contributed by atoms with E-state index in [1.54, 1.807) is 16.3 Å². The van der Waals surface area contributed by atoms with Gasteiger partial charge in [-0.1, -0.05) is 0 Å². The number of nitrogens with zero attached hydrogens (tertiary/aromatic N) is 5. The van der Waals surface area contributed by atoms with Crippen molar-refractivity contribution in [2.45, 2.75) is 6.42 Å². The van der Waals surface area contributed by atoms with Gasteiger partial charge >= 0.3 is 0 Å². The fraction of sp³-hybridized carbons (Fsp3) is 0.0526. The van der Waals surface area contributed by atoms with E-state index in [4.69, 9.17) is 0 Å². The molecular formula is C19H15N7O2S. The summed E-state index contributed by atoms with van der Waals surface area (Å²) in [5, 5.41) is 11.8. The Bertz CT molecular complexity index is 1110. The van der Waals surface area contributed by atoms with E-state index in [0.29, 0.717) is 16.5 Å². The Morgan fingerprint density at radius 2 is 1.93 bits per heavy atom. The molecule has 29 heavy (non-hydrogen) atoms. The Morgan fingerprint density at radius 1 is 1.07 bits per heavy atom. The van der Waals surface area contributed by atoms with Crippen LogP contribution in [0, 0.1) is 0 Å². The zero-order chi connectivity index (χ0) is 20.1. The maximum absolute atomic E-state index is 12.3. The van der Waals surface area contributed by atoms with Crippen LogP contribution >= 0.6 is 11.3 Å². The molecule has 3 heterocycles. The minimum Gasteiger partial charge on any atom is -0.326 e. The number of hydrogen-bond acceptors (Lipinski definition) is 7. The van der Waals surface area contributed by atoms with Crippen LogP contribution in [0.15, 0.2) is 66.7 Å². The molecule has 0 radical (unpaired) electrons. The molecule has 0 saturated heterocycles. The monoisotopic (exact) mass is 405 g/mol. The second-order valence-corrected chi connectivity index (χ2v) is 6.77. The van der Waals surface area contributed by atoms with E-state index in [2.05, 4.69) is 30.7 Å². The molecule has 0 aliphatic rings. The van der Waals surface area contributed by atoms with E-state index in [0.717, 1.165) is 5.69 Å². The van der Waals surface area contributed by atoms with Crippen LogP contribution in [-0.2, 0) is 11.2 Å². The van der Waals surface area contributed by atoms with Crippen LogP contribution in [0.5, 0.6) is 0 Å². The van der Waals surface area contributed by atoms with Crippen LogP contribution < -0.4 is 10.6 Å². The number of thiazole rings is 1. The second-order valence-electron chi connectivity index (χ2n) is 5.91. The molecule has 9 nitrogen and oxygen atoms in total. The van der Waals surface area contributed by atoms with Gasteiger partial charge in [0, 0.05) is 35.9 Å². The molecule has 4 aromatic rings. The highest BCUT2D eigenvalue weighted by atomic mass is 32.1. The summed E-state index contributed by atoms with van der Waals surface area (Å²) in [4.78, 5) is 36.4. The molecule has 0 unspecified atom stereocenters. The molecule has 3 aromatic heterocycles. The molecule has 0 atom stereocenters. The molecule has 0 aliphatic carbocycles. The van der Waals surface area contributed by atoms with Crippen molar-refractivity contribution in [2.75, 3.05) is 10.6 Å². The molecule has 2 N–H and O–H groups in total. The third-order valence-electron chi connectivity index (χ3n) is 3.83. The van der Waals surface area contributed by atoms with Gasteiger partial charge in [-0.3, -0.25) is 19.9 Å². The van der Waals surface area contributed by atoms with Crippen molar-refractivity contribution in [1.82, 2.24) is 24.7 Å². The minimum absolute atomic E-state index is 0.0957. The summed E-state index contributed by atoms with van der Waals surface area (Å²) < 4.78 is 1.73. The zero-order valence-electron chi connectivity index (χ0n) is 15.0. The van der Waals surface area contributed by atoms with Gasteiger partial charge in [0.2, 0.25) is 5.91 Å². The fourth-order valence-corrected chi connectivity index (χ4v) is 3.22. The third-order valence-corrected chi connectivity index (χ3v) is 4.64. The van der Waals surface area contributed by atoms with Crippen molar-refractivity contribution in [3.63, 3.8) is 0 Å². The van der Waals surface area contributed by atoms with Crippen molar-refractivity contribution in [2.24, 2.45) is 0 Å². The lowest BCUT2D eigenvalue weighted by Gasteiger charge is -2.06. The molecule has 10 heteroatoms. The standard InChI is InChI=1S/C19H15N7O2S/c27-17(23-13-2-4-15(5-3-13)26-9-1-6-22-26)10-14-12-29-19(24-14)25-18(28)16-11-20-7-8-21-16/h1-9,11-12H,10H2,(H,23,27)(H,24,25,28). The van der Waals surface area contributed by atoms with Gasteiger partial charge in [-0.15, -0.1) is 11.3 Å². The van der Waals surface area contributed by atoms with Crippen molar-refractivity contribution in [3.8, 4) is 5.69 Å². The summed E-state index contributed by atoms with van der Waals surface area (Å²) in [5.41, 5.74) is 2.34. The maximum Gasteiger partial charge on any atom is 0.277 e. The Labute approximate surface area is 169 Å². The van der Waals surface area contributed by atoms with Crippen LogP contribution in [0.3, 0.4) is 0 Å². The van der Waals surface area contributed by atoms with Crippen LogP contribution in [-0.4, -0.2) is 36.5 Å². The summed E-state index contributed by atoms with van der Waals surface area (Å²) in [6.45, 7) is 0. The Kier molecular flexibility index (Phi) is 5.34. The Hall–Kier alpha value is -3.92. The number of rotatable bonds is 6. The van der Waals surface area contributed by atoms with E-state index in [-0.39, 0.29) is 18.0 Å². The van der Waals surface area contributed by atoms with Gasteiger partial charge < -0.3 is 5.32 Å². The first kappa shape index (κ1) is 18.4. The van der Waals surface area contributed by atoms with Gasteiger partial charge in [-0.2, -0.15) is 5.10 Å². The quantitative estimate of drug-likeness (QED) is 0.509. The van der Waals surface area contributed by atoms with E-state index >= 15 is 0 Å². The molecule has 0 spiro atoms. The van der Waals surface area contributed by atoms with Crippen molar-refractivity contribution in [3.05, 3.63) is 78.1 Å². The van der Waals surface area contributed by atoms with Crippen LogP contribution in [0.2, 0.25) is 0 Å². The summed E-state index contributed by atoms with van der Waals surface area (Å²) in [5.74, 6) is -0.602. The fourth-order valence-electron chi connectivity index (χ4n) is 2.51. The molecule has 144 valence electrons. The largest absolute Gasteiger partial charge is 0.326 e. The maximum atomic E-state index is 12.3. The first-order valence-electron chi connectivity index (χ1n) is 8.59. The number of anilines is 2. The molecule has 2 amide bonds. The minimum atomic E-state index is -0.402. The highest BCUT2D eigenvalue weighted by Gasteiger charge is 2.12. The van der Waals surface area contributed by atoms with Crippen LogP contribution in [0.1, 0.15) is 16.2 Å². The van der Waals surface area contributed by atoms with E-state index in [1.807, 2.05) is 36.5 Å². The number of carbonyl (C=O) groups is 2. The smallest absolute Gasteiger partial charge is 0.277 e. The average Bonchev–Trinajstić information content (AvgIpc) is 3.42. The second kappa shape index (κ2) is 8.40. The Balaban J connectivity index is 1.33. The predicted molar refractivity (Wildman–Crippen MR) is 108 cm³/mol. The first-order chi connectivity index (χ1) is 14.2. The van der Waals surface area contributed by atoms with Gasteiger partial charge in [-0.25, -0.2) is 14.6 Å². The van der Waals surface area contributed by atoms with Gasteiger partial charge in [0.05, 0.1) is 24.0 Å². The number of nitrogens with one attached hydrogen (secondary N) is 2. The van der Waals surface area contributed by atoms with Crippen LogP contribution in [0.25, 0.3) is 5.69 Å². The molecule has 0 bridgehead atoms. The highest BCUT2D eigenvalue weighted by Crippen LogP contribution is 2.18. The van der Waals surface area contributed by atoms with Crippen molar-refractivity contribution in [1.29, 1.82) is 0 Å². The summed E-state index contributed by atoms with van der Waals surface area (Å²) in [6.07, 6.45) is 7.94. The summed E-state index contributed by atoms with van der Waals surface area (Å²) >= 11 is 1.24. The third kappa shape index (κ3) is 4.68. The summed E-state index contributed by atoms with van der Waals surface area (Å²) in [6, 6.07) is 9.19. The summed E-state index contributed by atoms with van der Waals surface area (Å²) in [7, 11) is 0. The SMILES string of the molecule is O=C(Cc1csc(NC(=O)c2cnccn2)n1)Nc1ccc(-n2cccn2)cc1. The lowest BCUT2D eigenvalue weighted by atomic mass is 10.2. The highest BCUT2D eigenvalue weighted by molar-refractivity contribution is 7.14. The number of carbonyl (C=O) groups excluding carboxylic acids is 2. The molecule has 0 saturated carbocycles. The van der Waals surface area contributed by atoms with Gasteiger partial charge in [-0.05, 0) is 30.3 Å². The van der Waals surface area contributed by atoms with Crippen molar-refractivity contribution < 1.29 is 9.59 Å². The van der Waals surface area contributed by atoms with Crippen molar-refractivity contribution >= 4 is 34.0 Å². The zero-order valence-corrected chi connectivity index (χ0v) is 15.8. The van der Waals surface area contributed by atoms with E-state index < -0.39 is 5.91 Å². The number of hydrogen-bond donors (Lipinski definition) is 2. The molecular weight excluding hydrogens is 390 g/mol. The molecule has 4 rings (SSSR count). The van der Waals surface area contributed by atoms with Crippen LogP contribution in [0.4, 0.5) is 10.8 Å². The predicted octanol–water partition coefficient (Wildman–Crippen LogP) is 2.55. The van der Waals surface area contributed by atoms with Gasteiger partial charge in [0.25, 0.3) is 5.91 Å². The normalized spacial score (nSPS) is 10.5. The average molecular weight is 405 g/mol. The first-order valence-corrected chi connectivity index (χ1v) is 9.47. The molecule has 0 fully saturated rings. The number of amides is 2. The lowest BCUT2D eigenvalue weighted by molar-refractivity contribution is -0.115. The van der Waals surface area contributed by atoms with Gasteiger partial charge in [0.1, 0.15) is 5.69 Å². The lowest BCUT2D eigenvalue weighted by Crippen LogP contribution is -2.15.